The van der Waals surface area contributed by atoms with Gasteiger partial charge < -0.3 is 32.3 Å². The Bertz CT molecular complexity index is 683. The lowest BCUT2D eigenvalue weighted by atomic mass is 10.2. The van der Waals surface area contributed by atoms with Crippen LogP contribution in [0.5, 0.6) is 0 Å². The average Bonchev–Trinajstić information content (AvgIpc) is 2.75. The Balaban J connectivity index is 4.53. The van der Waals surface area contributed by atoms with E-state index in [-0.39, 0.29) is 19.4 Å². The third kappa shape index (κ3) is 13.7. The maximum absolute atomic E-state index is 12.4. The van der Waals surface area contributed by atoms with E-state index in [1.165, 1.54) is 6.08 Å². The maximum Gasteiger partial charge on any atom is 0.312 e. The highest BCUT2D eigenvalue weighted by atomic mass is 16.2. The number of nitrogens with one attached hydrogen (secondary N) is 5. The largest absolute Gasteiger partial charge is 0.355 e. The van der Waals surface area contributed by atoms with Crippen molar-refractivity contribution in [3.05, 3.63) is 12.2 Å². The van der Waals surface area contributed by atoms with Gasteiger partial charge >= 0.3 is 6.03 Å². The van der Waals surface area contributed by atoms with Crippen molar-refractivity contribution in [3.8, 4) is 0 Å². The van der Waals surface area contributed by atoms with Crippen LogP contribution >= 0.6 is 0 Å². The zero-order valence-corrected chi connectivity index (χ0v) is 18.4. The number of hydrogen-bond acceptors (Lipinski definition) is 7. The molecule has 0 aromatic rings. The zero-order chi connectivity index (χ0) is 24.4. The number of rotatable bonds is 16. The standard InChI is InChI=1S/C19H33N7O6/c1-3-6-17(30)26(13-27)12-16(29)25-14(7-10-21-2)18(31)24-11-15(28)22-8-4-5-9-23-19(20)32/h3,6,13-14,21H,4-5,7-12H2,1-2H3,(H,22,28)(H,24,31)(H,25,29)(H3,20,23,32)/b6-3-. The summed E-state index contributed by atoms with van der Waals surface area (Å²) in [5.41, 5.74) is 4.94. The van der Waals surface area contributed by atoms with Crippen LogP contribution < -0.4 is 32.3 Å². The minimum atomic E-state index is -0.965. The molecule has 7 amide bonds. The van der Waals surface area contributed by atoms with Crippen LogP contribution in [0.25, 0.3) is 0 Å². The van der Waals surface area contributed by atoms with Gasteiger partial charge in [-0.2, -0.15) is 0 Å². The Labute approximate surface area is 186 Å². The quantitative estimate of drug-likeness (QED) is 0.0829. The molecule has 0 spiro atoms. The molecular weight excluding hydrogens is 422 g/mol. The van der Waals surface area contributed by atoms with Crippen LogP contribution in [-0.4, -0.2) is 86.8 Å². The highest BCUT2D eigenvalue weighted by Gasteiger charge is 2.22. The molecule has 0 heterocycles. The summed E-state index contributed by atoms with van der Waals surface area (Å²) in [5, 5.41) is 12.8. The monoisotopic (exact) mass is 455 g/mol. The van der Waals surface area contributed by atoms with E-state index < -0.39 is 42.2 Å². The van der Waals surface area contributed by atoms with Gasteiger partial charge in [0.2, 0.25) is 24.1 Å². The van der Waals surface area contributed by atoms with E-state index in [2.05, 4.69) is 26.6 Å². The van der Waals surface area contributed by atoms with Crippen LogP contribution in [0.4, 0.5) is 4.79 Å². The van der Waals surface area contributed by atoms with Gasteiger partial charge in [0.15, 0.2) is 0 Å². The highest BCUT2D eigenvalue weighted by Crippen LogP contribution is 1.95. The van der Waals surface area contributed by atoms with Crippen LogP contribution in [0.3, 0.4) is 0 Å². The number of hydrogen-bond donors (Lipinski definition) is 6. The van der Waals surface area contributed by atoms with Gasteiger partial charge in [-0.25, -0.2) is 4.79 Å². The number of carbonyl (C=O) groups excluding carboxylic acids is 6. The summed E-state index contributed by atoms with van der Waals surface area (Å²) in [4.78, 5) is 70.5. The number of primary amides is 1. The van der Waals surface area contributed by atoms with Crippen LogP contribution in [0.15, 0.2) is 12.2 Å². The second-order valence-corrected chi connectivity index (χ2v) is 6.65. The lowest BCUT2D eigenvalue weighted by molar-refractivity contribution is -0.139. The topological polar surface area (TPSA) is 192 Å². The molecule has 0 aromatic carbocycles. The predicted molar refractivity (Wildman–Crippen MR) is 116 cm³/mol. The number of urea groups is 1. The normalized spacial score (nSPS) is 11.3. The fourth-order valence-electron chi connectivity index (χ4n) is 2.40. The lowest BCUT2D eigenvalue weighted by Gasteiger charge is -2.20. The molecule has 0 aliphatic rings. The summed E-state index contributed by atoms with van der Waals surface area (Å²) in [6, 6.07) is -1.58. The minimum absolute atomic E-state index is 0.229. The Morgan fingerprint density at radius 1 is 0.969 bits per heavy atom. The first kappa shape index (κ1) is 28.5. The molecule has 0 bridgehead atoms. The summed E-state index contributed by atoms with van der Waals surface area (Å²) in [7, 11) is 1.67. The second kappa shape index (κ2) is 17.2. The number of allylic oxidation sites excluding steroid dienone is 1. The molecule has 0 saturated heterocycles. The van der Waals surface area contributed by atoms with Crippen molar-refractivity contribution in [2.75, 3.05) is 39.8 Å². The average molecular weight is 456 g/mol. The van der Waals surface area contributed by atoms with Crippen LogP contribution in [0.1, 0.15) is 26.2 Å². The summed E-state index contributed by atoms with van der Waals surface area (Å²) in [6.07, 6.45) is 4.27. The highest BCUT2D eigenvalue weighted by molar-refractivity contribution is 5.98. The second-order valence-electron chi connectivity index (χ2n) is 6.65. The lowest BCUT2D eigenvalue weighted by Crippen LogP contribution is -2.52. The molecule has 0 aromatic heterocycles. The molecule has 32 heavy (non-hydrogen) atoms. The smallest absolute Gasteiger partial charge is 0.312 e. The Morgan fingerprint density at radius 3 is 2.19 bits per heavy atom. The Hall–Kier alpha value is -3.48. The van der Waals surface area contributed by atoms with Gasteiger partial charge in [-0.3, -0.25) is 28.9 Å². The third-order valence-electron chi connectivity index (χ3n) is 4.02. The summed E-state index contributed by atoms with van der Waals surface area (Å²) in [5.74, 6) is -2.34. The minimum Gasteiger partial charge on any atom is -0.355 e. The van der Waals surface area contributed by atoms with Crippen LogP contribution in [-0.2, 0) is 24.0 Å². The molecule has 0 saturated carbocycles. The molecule has 13 heteroatoms. The van der Waals surface area contributed by atoms with Crippen molar-refractivity contribution in [3.63, 3.8) is 0 Å². The maximum atomic E-state index is 12.4. The van der Waals surface area contributed by atoms with Gasteiger partial charge in [-0.1, -0.05) is 6.08 Å². The van der Waals surface area contributed by atoms with Crippen LogP contribution in [0.2, 0.25) is 0 Å². The fourth-order valence-corrected chi connectivity index (χ4v) is 2.40. The molecule has 0 aliphatic carbocycles. The van der Waals surface area contributed by atoms with E-state index in [0.717, 1.165) is 6.08 Å². The first-order valence-corrected chi connectivity index (χ1v) is 10.1. The number of nitrogens with zero attached hydrogens (tertiary/aromatic N) is 1. The number of carbonyl (C=O) groups is 6. The SMILES string of the molecule is C/C=C\C(=O)N(C=O)CC(=O)NC(CCNC)C(=O)NCC(=O)NCCCCNC(N)=O. The van der Waals surface area contributed by atoms with Gasteiger partial charge in [-0.05, 0) is 45.9 Å². The van der Waals surface area contributed by atoms with Crippen LogP contribution in [0, 0.1) is 0 Å². The number of nitrogens with two attached hydrogens (primary N) is 1. The van der Waals surface area contributed by atoms with Gasteiger partial charge in [0.1, 0.15) is 12.6 Å². The van der Waals surface area contributed by atoms with E-state index in [9.17, 15) is 28.8 Å². The van der Waals surface area contributed by atoms with E-state index in [1.54, 1.807) is 14.0 Å². The summed E-state index contributed by atoms with van der Waals surface area (Å²) < 4.78 is 0. The zero-order valence-electron chi connectivity index (χ0n) is 18.4. The predicted octanol–water partition coefficient (Wildman–Crippen LogP) is -2.68. The molecule has 0 fully saturated rings. The molecule has 13 nitrogen and oxygen atoms in total. The molecule has 1 unspecified atom stereocenters. The molecule has 1 atom stereocenters. The van der Waals surface area contributed by atoms with Gasteiger partial charge in [0, 0.05) is 13.1 Å². The fraction of sp³-hybridized carbons (Fsp3) is 0.579. The molecule has 180 valence electrons. The number of unbranched alkanes of at least 4 members (excludes halogenated alkanes) is 1. The first-order valence-electron chi connectivity index (χ1n) is 10.1. The summed E-state index contributed by atoms with van der Waals surface area (Å²) in [6.45, 7) is 1.92. The Kier molecular flexibility index (Phi) is 15.4. The molecule has 0 rings (SSSR count). The van der Waals surface area contributed by atoms with Gasteiger partial charge in [0.05, 0.1) is 6.54 Å². The van der Waals surface area contributed by atoms with E-state index in [0.29, 0.717) is 37.4 Å². The van der Waals surface area contributed by atoms with Crippen molar-refractivity contribution in [1.29, 1.82) is 0 Å². The molecule has 7 N–H and O–H groups in total. The number of imide groups is 1. The first-order chi connectivity index (χ1) is 15.2. The van der Waals surface area contributed by atoms with E-state index in [1.807, 2.05) is 0 Å². The van der Waals surface area contributed by atoms with Gasteiger partial charge in [0.25, 0.3) is 5.91 Å². The van der Waals surface area contributed by atoms with E-state index >= 15 is 0 Å². The third-order valence-corrected chi connectivity index (χ3v) is 4.02. The molecule has 0 radical (unpaired) electrons. The van der Waals surface area contributed by atoms with Crippen molar-refractivity contribution >= 4 is 36.1 Å². The molecule has 0 aliphatic heterocycles. The Morgan fingerprint density at radius 2 is 1.62 bits per heavy atom. The number of amides is 7. The van der Waals surface area contributed by atoms with Gasteiger partial charge in [-0.15, -0.1) is 0 Å². The van der Waals surface area contributed by atoms with Crippen molar-refractivity contribution in [2.24, 2.45) is 5.73 Å². The van der Waals surface area contributed by atoms with Crippen molar-refractivity contribution in [2.45, 2.75) is 32.2 Å². The van der Waals surface area contributed by atoms with Crippen molar-refractivity contribution < 1.29 is 28.8 Å². The van der Waals surface area contributed by atoms with E-state index in [4.69, 9.17) is 5.73 Å². The summed E-state index contributed by atoms with van der Waals surface area (Å²) >= 11 is 0. The molecular formula is C19H33N7O6. The van der Waals surface area contributed by atoms with Crippen molar-refractivity contribution in [1.82, 2.24) is 31.5 Å².